The molecule has 3 N–H and O–H groups in total. The van der Waals surface area contributed by atoms with Gasteiger partial charge in [-0.2, -0.15) is 0 Å². The van der Waals surface area contributed by atoms with Gasteiger partial charge in [0, 0.05) is 12.0 Å². The van der Waals surface area contributed by atoms with Crippen LogP contribution in [0.2, 0.25) is 0 Å². The van der Waals surface area contributed by atoms with Crippen LogP contribution in [-0.2, 0) is 14.8 Å². The van der Waals surface area contributed by atoms with Gasteiger partial charge in [0.1, 0.15) is 0 Å². The van der Waals surface area contributed by atoms with Crippen molar-refractivity contribution in [2.24, 2.45) is 11.7 Å². The Kier molecular flexibility index (Phi) is 5.97. The molecule has 0 aromatic carbocycles. The summed E-state index contributed by atoms with van der Waals surface area (Å²) < 4.78 is 31.7. The number of hydrogen-bond acceptors (Lipinski definition) is 4. The minimum absolute atomic E-state index is 0.0132. The van der Waals surface area contributed by atoms with E-state index in [1.165, 1.54) is 0 Å². The Morgan fingerprint density at radius 2 is 2.17 bits per heavy atom. The van der Waals surface area contributed by atoms with E-state index in [9.17, 15) is 8.42 Å². The first-order valence-electron chi connectivity index (χ1n) is 6.23. The smallest absolute Gasteiger partial charge is 0.214 e. The molecule has 1 saturated carbocycles. The Balaban J connectivity index is 2.47. The molecule has 1 rings (SSSR count). The van der Waals surface area contributed by atoms with Gasteiger partial charge in [-0.05, 0) is 26.7 Å². The Morgan fingerprint density at radius 3 is 2.72 bits per heavy atom. The monoisotopic (exact) mass is 294 g/mol. The lowest BCUT2D eigenvalue weighted by Gasteiger charge is -2.20. The van der Waals surface area contributed by atoms with Crippen LogP contribution in [0, 0.1) is 5.92 Å². The summed E-state index contributed by atoms with van der Waals surface area (Å²) in [6, 6.07) is -0.147. The van der Waals surface area contributed by atoms with Crippen LogP contribution in [-0.4, -0.2) is 37.9 Å². The maximum absolute atomic E-state index is 11.9. The van der Waals surface area contributed by atoms with E-state index in [0.29, 0.717) is 4.99 Å². The predicted octanol–water partition coefficient (Wildman–Crippen LogP) is 0.786. The highest BCUT2D eigenvalue weighted by Crippen LogP contribution is 2.26. The van der Waals surface area contributed by atoms with Crippen molar-refractivity contribution in [2.45, 2.75) is 45.3 Å². The lowest BCUT2D eigenvalue weighted by molar-refractivity contribution is 0.0911. The average molecular weight is 294 g/mol. The van der Waals surface area contributed by atoms with Crippen molar-refractivity contribution in [3.63, 3.8) is 0 Å². The van der Waals surface area contributed by atoms with E-state index < -0.39 is 10.0 Å². The third kappa shape index (κ3) is 5.17. The van der Waals surface area contributed by atoms with Gasteiger partial charge >= 0.3 is 0 Å². The average Bonchev–Trinajstić information content (AvgIpc) is 2.63. The molecule has 1 aliphatic carbocycles. The van der Waals surface area contributed by atoms with E-state index in [-0.39, 0.29) is 30.4 Å². The molecule has 0 saturated heterocycles. The maximum Gasteiger partial charge on any atom is 0.214 e. The SMILES string of the molecule is CC(C)OCCS(=O)(=O)NC1CCCC1C(N)=S. The molecule has 5 nitrogen and oxygen atoms in total. The van der Waals surface area contributed by atoms with Crippen LogP contribution in [0.25, 0.3) is 0 Å². The van der Waals surface area contributed by atoms with Crippen molar-refractivity contribution >= 4 is 27.2 Å². The summed E-state index contributed by atoms with van der Waals surface area (Å²) in [4.78, 5) is 0.402. The second kappa shape index (κ2) is 6.79. The van der Waals surface area contributed by atoms with Gasteiger partial charge in [0.05, 0.1) is 23.5 Å². The molecule has 0 amide bonds. The zero-order valence-electron chi connectivity index (χ0n) is 10.9. The molecule has 0 bridgehead atoms. The number of sulfonamides is 1. The summed E-state index contributed by atoms with van der Waals surface area (Å²) in [5.41, 5.74) is 5.62. The number of hydrogen-bond donors (Lipinski definition) is 2. The quantitative estimate of drug-likeness (QED) is 0.678. The number of thiocarbonyl (C=S) groups is 1. The molecular formula is C11H22N2O3S2. The molecule has 0 spiro atoms. The van der Waals surface area contributed by atoms with E-state index >= 15 is 0 Å². The Bertz CT molecular complexity index is 382. The number of nitrogens with one attached hydrogen (secondary N) is 1. The van der Waals surface area contributed by atoms with Crippen LogP contribution in [0.3, 0.4) is 0 Å². The minimum Gasteiger partial charge on any atom is -0.393 e. The van der Waals surface area contributed by atoms with E-state index in [0.717, 1.165) is 19.3 Å². The second-order valence-corrected chi connectivity index (χ2v) is 7.25. The van der Waals surface area contributed by atoms with E-state index in [1.54, 1.807) is 0 Å². The lowest BCUT2D eigenvalue weighted by Crippen LogP contribution is -2.43. The zero-order valence-corrected chi connectivity index (χ0v) is 12.5. The highest BCUT2D eigenvalue weighted by atomic mass is 32.2. The van der Waals surface area contributed by atoms with Gasteiger partial charge in [-0.15, -0.1) is 0 Å². The Labute approximate surface area is 115 Å². The van der Waals surface area contributed by atoms with Crippen molar-refractivity contribution in [3.05, 3.63) is 0 Å². The molecule has 1 aliphatic rings. The summed E-state index contributed by atoms with van der Waals surface area (Å²) in [7, 11) is -3.32. The Morgan fingerprint density at radius 1 is 1.50 bits per heavy atom. The fourth-order valence-electron chi connectivity index (χ4n) is 2.12. The molecule has 0 aromatic rings. The second-order valence-electron chi connectivity index (χ2n) is 4.90. The standard InChI is InChI=1S/C11H22N2O3S2/c1-8(2)16-6-7-18(14,15)13-10-5-3-4-9(10)11(12)17/h8-10,13H,3-7H2,1-2H3,(H2,12,17). The van der Waals surface area contributed by atoms with Crippen LogP contribution < -0.4 is 10.5 Å². The fourth-order valence-corrected chi connectivity index (χ4v) is 3.58. The molecule has 0 aliphatic heterocycles. The molecule has 2 unspecified atom stereocenters. The van der Waals surface area contributed by atoms with E-state index in [1.807, 2.05) is 13.8 Å². The third-order valence-corrected chi connectivity index (χ3v) is 4.68. The van der Waals surface area contributed by atoms with Crippen molar-refractivity contribution in [1.82, 2.24) is 4.72 Å². The van der Waals surface area contributed by atoms with Gasteiger partial charge in [0.25, 0.3) is 0 Å². The van der Waals surface area contributed by atoms with Crippen molar-refractivity contribution in [2.75, 3.05) is 12.4 Å². The van der Waals surface area contributed by atoms with Crippen LogP contribution in [0.15, 0.2) is 0 Å². The van der Waals surface area contributed by atoms with Crippen molar-refractivity contribution in [1.29, 1.82) is 0 Å². The molecule has 18 heavy (non-hydrogen) atoms. The van der Waals surface area contributed by atoms with Gasteiger partial charge < -0.3 is 10.5 Å². The molecular weight excluding hydrogens is 272 g/mol. The van der Waals surface area contributed by atoms with Crippen LogP contribution in [0.4, 0.5) is 0 Å². The van der Waals surface area contributed by atoms with Gasteiger partial charge in [0.2, 0.25) is 10.0 Å². The predicted molar refractivity (Wildman–Crippen MR) is 75.9 cm³/mol. The zero-order chi connectivity index (χ0) is 13.8. The molecule has 0 aromatic heterocycles. The van der Waals surface area contributed by atoms with Crippen LogP contribution in [0.5, 0.6) is 0 Å². The lowest BCUT2D eigenvalue weighted by atomic mass is 10.1. The highest BCUT2D eigenvalue weighted by Gasteiger charge is 2.32. The summed E-state index contributed by atoms with van der Waals surface area (Å²) in [5, 5.41) is 0. The number of ether oxygens (including phenoxy) is 1. The van der Waals surface area contributed by atoms with Crippen LogP contribution >= 0.6 is 12.2 Å². The summed E-state index contributed by atoms with van der Waals surface area (Å²) in [5.74, 6) is -0.0352. The van der Waals surface area contributed by atoms with Gasteiger partial charge in [-0.1, -0.05) is 18.6 Å². The maximum atomic E-state index is 11.9. The van der Waals surface area contributed by atoms with Crippen LogP contribution in [0.1, 0.15) is 33.1 Å². The highest BCUT2D eigenvalue weighted by molar-refractivity contribution is 7.89. The molecule has 0 heterocycles. The summed E-state index contributed by atoms with van der Waals surface area (Å²) in [6.07, 6.45) is 2.66. The van der Waals surface area contributed by atoms with Crippen molar-refractivity contribution in [3.8, 4) is 0 Å². The molecule has 7 heteroatoms. The largest absolute Gasteiger partial charge is 0.393 e. The fraction of sp³-hybridized carbons (Fsp3) is 0.909. The first-order valence-corrected chi connectivity index (χ1v) is 8.29. The number of nitrogens with two attached hydrogens (primary N) is 1. The minimum atomic E-state index is -3.32. The topological polar surface area (TPSA) is 81.4 Å². The number of rotatable bonds is 7. The first-order chi connectivity index (χ1) is 8.32. The summed E-state index contributed by atoms with van der Waals surface area (Å²) >= 11 is 4.96. The van der Waals surface area contributed by atoms with Gasteiger partial charge in [-0.3, -0.25) is 0 Å². The van der Waals surface area contributed by atoms with E-state index in [4.69, 9.17) is 22.7 Å². The Hall–Kier alpha value is -0.240. The molecule has 106 valence electrons. The first kappa shape index (κ1) is 15.8. The van der Waals surface area contributed by atoms with E-state index in [2.05, 4.69) is 4.72 Å². The molecule has 2 atom stereocenters. The molecule has 1 fully saturated rings. The normalized spacial score (nSPS) is 24.6. The molecule has 0 radical (unpaired) electrons. The van der Waals surface area contributed by atoms with Gasteiger partial charge in [0.15, 0.2) is 0 Å². The van der Waals surface area contributed by atoms with Gasteiger partial charge in [-0.25, -0.2) is 13.1 Å². The van der Waals surface area contributed by atoms with Crippen molar-refractivity contribution < 1.29 is 13.2 Å². The summed E-state index contributed by atoms with van der Waals surface area (Å²) in [6.45, 7) is 3.96. The third-order valence-electron chi connectivity index (χ3n) is 3.02.